The van der Waals surface area contributed by atoms with Crippen molar-refractivity contribution >= 4 is 16.9 Å². The zero-order chi connectivity index (χ0) is 20.1. The molecule has 6 nitrogen and oxygen atoms in total. The summed E-state index contributed by atoms with van der Waals surface area (Å²) in [6, 6.07) is 6.51. The van der Waals surface area contributed by atoms with Crippen LogP contribution in [0.3, 0.4) is 0 Å². The van der Waals surface area contributed by atoms with E-state index in [0.717, 1.165) is 24.2 Å². The first-order chi connectivity index (χ1) is 14.1. The highest BCUT2D eigenvalue weighted by atomic mass is 16.5. The number of aromatic nitrogens is 1. The molecule has 4 bridgehead atoms. The highest BCUT2D eigenvalue weighted by Crippen LogP contribution is 2.66. The molecule has 2 aromatic rings. The number of esters is 1. The maximum Gasteiger partial charge on any atom is 0.316 e. The van der Waals surface area contributed by atoms with E-state index in [1.165, 1.54) is 29.3 Å². The predicted octanol–water partition coefficient (Wildman–Crippen LogP) is 3.12. The minimum atomic E-state index is -0.616. The molecule has 152 valence electrons. The fourth-order valence-electron chi connectivity index (χ4n) is 6.93. The van der Waals surface area contributed by atoms with Gasteiger partial charge in [0, 0.05) is 36.2 Å². The van der Waals surface area contributed by atoms with Gasteiger partial charge in [0.25, 0.3) is 0 Å². The topological polar surface area (TPSA) is 52.9 Å². The van der Waals surface area contributed by atoms with E-state index in [1.54, 1.807) is 7.11 Å². The minimum absolute atomic E-state index is 0.0201. The average molecular weight is 394 g/mol. The third-order valence-corrected chi connectivity index (χ3v) is 7.99. The second kappa shape index (κ2) is 5.64. The first-order valence-corrected chi connectivity index (χ1v) is 10.3. The van der Waals surface area contributed by atoms with Crippen LogP contribution < -0.4 is 4.74 Å². The highest BCUT2D eigenvalue weighted by molar-refractivity contribution is 5.92. The Labute approximate surface area is 170 Å². The molecule has 1 unspecified atom stereocenters. The van der Waals surface area contributed by atoms with Crippen molar-refractivity contribution in [3.63, 3.8) is 0 Å². The fourth-order valence-corrected chi connectivity index (χ4v) is 6.93. The number of allylic oxidation sites excluding steroid dienone is 1. The van der Waals surface area contributed by atoms with Crippen molar-refractivity contribution in [1.82, 2.24) is 9.47 Å². The van der Waals surface area contributed by atoms with Crippen LogP contribution in [0.25, 0.3) is 10.9 Å². The number of rotatable bonds is 2. The van der Waals surface area contributed by atoms with Crippen LogP contribution in [0.5, 0.6) is 5.75 Å². The summed E-state index contributed by atoms with van der Waals surface area (Å²) in [7, 11) is 5.36. The van der Waals surface area contributed by atoms with Gasteiger partial charge in [-0.1, -0.05) is 23.8 Å². The molecule has 0 N–H and O–H groups in total. The van der Waals surface area contributed by atoms with Crippen molar-refractivity contribution in [2.45, 2.75) is 31.5 Å². The summed E-state index contributed by atoms with van der Waals surface area (Å²) in [5, 5.41) is 1.17. The van der Waals surface area contributed by atoms with Gasteiger partial charge >= 0.3 is 5.97 Å². The molecular formula is C23H26N2O4. The van der Waals surface area contributed by atoms with E-state index in [2.05, 4.69) is 35.6 Å². The Hall–Kier alpha value is -2.31. The number of hydrogen-bond donors (Lipinski definition) is 0. The summed E-state index contributed by atoms with van der Waals surface area (Å²) < 4.78 is 19.8. The molecule has 1 aromatic heterocycles. The number of ether oxygens (including phenoxy) is 3. The highest BCUT2D eigenvalue weighted by Gasteiger charge is 2.71. The Morgan fingerprint density at radius 3 is 2.90 bits per heavy atom. The van der Waals surface area contributed by atoms with Crippen molar-refractivity contribution in [2.24, 2.45) is 18.4 Å². The molecule has 6 heteroatoms. The van der Waals surface area contributed by atoms with Gasteiger partial charge in [0.2, 0.25) is 0 Å². The van der Waals surface area contributed by atoms with Gasteiger partial charge < -0.3 is 18.8 Å². The molecule has 6 heterocycles. The lowest BCUT2D eigenvalue weighted by atomic mass is 9.56. The molecular weight excluding hydrogens is 368 g/mol. The molecule has 4 fully saturated rings. The molecule has 0 spiro atoms. The molecule has 0 saturated carbocycles. The van der Waals surface area contributed by atoms with Crippen LogP contribution in [0.1, 0.15) is 36.7 Å². The zero-order valence-corrected chi connectivity index (χ0v) is 17.3. The number of fused-ring (bicyclic) bond motifs is 5. The van der Waals surface area contributed by atoms with Crippen LogP contribution in [0.15, 0.2) is 29.8 Å². The van der Waals surface area contributed by atoms with Gasteiger partial charge in [0.15, 0.2) is 0 Å². The molecule has 0 amide bonds. The summed E-state index contributed by atoms with van der Waals surface area (Å²) in [5.41, 5.74) is 4.38. The van der Waals surface area contributed by atoms with Crippen LogP contribution in [0.4, 0.5) is 0 Å². The standard InChI is InChI=1S/C23H26N2O4/c1-5-12-10-25-15-9-14(12)23(22(26)28-4)11-29-20(21(23)25)17-13-7-6-8-16(27-3)18(13)24(2)19(15)17/h5-8,14-15,20-21H,9-11H2,1-4H3/b12-5-/t14-,15-,20+,21-,23+/m0/s1. The Bertz CT molecular complexity index is 1090. The smallest absolute Gasteiger partial charge is 0.316 e. The van der Waals surface area contributed by atoms with Crippen LogP contribution in [0.2, 0.25) is 0 Å². The Morgan fingerprint density at radius 2 is 2.17 bits per heavy atom. The Morgan fingerprint density at radius 1 is 1.34 bits per heavy atom. The van der Waals surface area contributed by atoms with E-state index in [9.17, 15) is 4.79 Å². The van der Waals surface area contributed by atoms with Crippen LogP contribution in [-0.2, 0) is 21.3 Å². The number of piperidine rings is 3. The third kappa shape index (κ3) is 1.79. The normalized spacial score (nSPS) is 37.8. The van der Waals surface area contributed by atoms with Crippen molar-refractivity contribution < 1.29 is 19.0 Å². The maximum atomic E-state index is 13.2. The molecule has 0 radical (unpaired) electrons. The number of aryl methyl sites for hydroxylation is 1. The number of methoxy groups -OCH3 is 2. The van der Waals surface area contributed by atoms with Crippen LogP contribution in [-0.4, -0.2) is 48.8 Å². The number of nitrogens with zero attached hydrogens (tertiary/aromatic N) is 2. The third-order valence-electron chi connectivity index (χ3n) is 7.99. The monoisotopic (exact) mass is 394 g/mol. The molecule has 1 aromatic carbocycles. The van der Waals surface area contributed by atoms with Crippen LogP contribution in [0, 0.1) is 11.3 Å². The van der Waals surface area contributed by atoms with Crippen molar-refractivity contribution in [3.8, 4) is 5.75 Å². The molecule has 5 aliphatic rings. The first-order valence-electron chi connectivity index (χ1n) is 10.3. The lowest BCUT2D eigenvalue weighted by Gasteiger charge is -2.60. The van der Waals surface area contributed by atoms with Crippen LogP contribution >= 0.6 is 0 Å². The molecule has 7 rings (SSSR count). The summed E-state index contributed by atoms with van der Waals surface area (Å²) in [6.45, 7) is 3.39. The van der Waals surface area contributed by atoms with Gasteiger partial charge in [-0.05, 0) is 19.4 Å². The Kier molecular flexibility index (Phi) is 3.41. The van der Waals surface area contributed by atoms with Gasteiger partial charge in [0.1, 0.15) is 17.3 Å². The van der Waals surface area contributed by atoms with Gasteiger partial charge in [-0.3, -0.25) is 9.69 Å². The van der Waals surface area contributed by atoms with E-state index >= 15 is 0 Å². The van der Waals surface area contributed by atoms with Gasteiger partial charge in [-0.2, -0.15) is 0 Å². The van der Waals surface area contributed by atoms with Gasteiger partial charge in [-0.15, -0.1) is 0 Å². The zero-order valence-electron chi connectivity index (χ0n) is 17.3. The van der Waals surface area contributed by atoms with Gasteiger partial charge in [-0.25, -0.2) is 0 Å². The summed E-state index contributed by atoms with van der Waals surface area (Å²) in [5.74, 6) is 0.914. The number of para-hydroxylation sites is 1. The van der Waals surface area contributed by atoms with Gasteiger partial charge in [0.05, 0.1) is 38.4 Å². The number of benzene rings is 1. The van der Waals surface area contributed by atoms with E-state index in [-0.39, 0.29) is 30.1 Å². The maximum absolute atomic E-state index is 13.2. The van der Waals surface area contributed by atoms with Crippen molar-refractivity contribution in [2.75, 3.05) is 27.4 Å². The predicted molar refractivity (Wildman–Crippen MR) is 108 cm³/mol. The van der Waals surface area contributed by atoms with Crippen molar-refractivity contribution in [1.29, 1.82) is 0 Å². The minimum Gasteiger partial charge on any atom is -0.495 e. The van der Waals surface area contributed by atoms with E-state index in [4.69, 9.17) is 14.2 Å². The second-order valence-electron chi connectivity index (χ2n) is 8.76. The molecule has 29 heavy (non-hydrogen) atoms. The lowest BCUT2D eigenvalue weighted by Crippen LogP contribution is -2.67. The number of carbonyl (C=O) groups is 1. The second-order valence-corrected chi connectivity index (χ2v) is 8.76. The lowest BCUT2D eigenvalue weighted by molar-refractivity contribution is -0.171. The van der Waals surface area contributed by atoms with Crippen molar-refractivity contribution in [3.05, 3.63) is 41.1 Å². The Balaban J connectivity index is 1.66. The van der Waals surface area contributed by atoms with E-state index in [1.807, 2.05) is 12.1 Å². The first kappa shape index (κ1) is 17.5. The fraction of sp³-hybridized carbons (Fsp3) is 0.522. The molecule has 6 atom stereocenters. The number of hydrogen-bond acceptors (Lipinski definition) is 5. The average Bonchev–Trinajstić information content (AvgIpc) is 3.32. The summed E-state index contributed by atoms with van der Waals surface area (Å²) >= 11 is 0. The molecule has 0 aliphatic carbocycles. The quantitative estimate of drug-likeness (QED) is 0.579. The largest absolute Gasteiger partial charge is 0.495 e. The SMILES string of the molecule is C/C=C1/CN2[C@H]3[C@@H]4OC[C@@]3(C(=O)OC)[C@H]1C[C@H]2c1c4c2cccc(OC)c2n1C. The summed E-state index contributed by atoms with van der Waals surface area (Å²) in [6.07, 6.45) is 2.98. The van der Waals surface area contributed by atoms with E-state index < -0.39 is 5.41 Å². The molecule has 4 saturated heterocycles. The summed E-state index contributed by atoms with van der Waals surface area (Å²) in [4.78, 5) is 15.7. The van der Waals surface area contributed by atoms with E-state index in [0.29, 0.717) is 6.61 Å². The molecule has 5 aliphatic heterocycles. The number of carbonyl (C=O) groups excluding carboxylic acids is 1.